The summed E-state index contributed by atoms with van der Waals surface area (Å²) in [6.07, 6.45) is 4.14. The minimum Gasteiger partial charge on any atom is -0.495 e. The van der Waals surface area contributed by atoms with Crippen LogP contribution < -0.4 is 9.64 Å². The first kappa shape index (κ1) is 13.3. The molecule has 2 aliphatic rings. The molecule has 2 aliphatic heterocycles. The molecule has 2 saturated heterocycles. The molecule has 0 radical (unpaired) electrons. The van der Waals surface area contributed by atoms with Gasteiger partial charge in [0.2, 0.25) is 0 Å². The Hall–Kier alpha value is -1.40. The van der Waals surface area contributed by atoms with E-state index in [1.165, 1.54) is 0 Å². The van der Waals surface area contributed by atoms with E-state index in [0.717, 1.165) is 52.9 Å². The third-order valence-electron chi connectivity index (χ3n) is 4.41. The predicted molar refractivity (Wildman–Crippen MR) is 83.9 cm³/mol. The highest BCUT2D eigenvalue weighted by molar-refractivity contribution is 9.10. The van der Waals surface area contributed by atoms with Gasteiger partial charge in [0.15, 0.2) is 0 Å². The monoisotopic (exact) mass is 349 g/mol. The molecular weight excluding hydrogens is 334 g/mol. The molecular formula is C15H16BrN3O2. The van der Waals surface area contributed by atoms with Gasteiger partial charge >= 0.3 is 0 Å². The summed E-state index contributed by atoms with van der Waals surface area (Å²) in [5.41, 5.74) is 0.890. The van der Waals surface area contributed by atoms with Gasteiger partial charge in [0.1, 0.15) is 17.9 Å². The van der Waals surface area contributed by atoms with E-state index >= 15 is 0 Å². The Kier molecular flexibility index (Phi) is 3.23. The molecule has 2 atom stereocenters. The lowest BCUT2D eigenvalue weighted by Gasteiger charge is -2.25. The molecule has 1 aromatic carbocycles. The van der Waals surface area contributed by atoms with Crippen molar-refractivity contribution in [1.82, 2.24) is 9.97 Å². The average Bonchev–Trinajstić information content (AvgIpc) is 3.10. The van der Waals surface area contributed by atoms with Crippen LogP contribution in [0.5, 0.6) is 5.75 Å². The second kappa shape index (κ2) is 5.10. The molecule has 3 heterocycles. The Morgan fingerprint density at radius 2 is 2.24 bits per heavy atom. The molecule has 110 valence electrons. The minimum atomic E-state index is 0.358. The molecule has 0 saturated carbocycles. The zero-order valence-electron chi connectivity index (χ0n) is 11.8. The number of rotatable bonds is 2. The zero-order chi connectivity index (χ0) is 14.4. The molecule has 4 rings (SSSR count). The number of benzene rings is 1. The summed E-state index contributed by atoms with van der Waals surface area (Å²) in [5.74, 6) is 1.79. The van der Waals surface area contributed by atoms with Gasteiger partial charge in [-0.2, -0.15) is 0 Å². The first-order valence-electron chi connectivity index (χ1n) is 7.15. The van der Waals surface area contributed by atoms with Crippen molar-refractivity contribution >= 4 is 32.7 Å². The number of hydrogen-bond donors (Lipinski definition) is 0. The standard InChI is InChI=1S/C15H16BrN3O2/c1-20-12-3-2-9-14(13(12)16)17-8-18-15(9)19-6-4-11-10(19)5-7-21-11/h2-3,8,10-11H,4-7H2,1H3/t10-,11-/m1/s1. The molecule has 21 heavy (non-hydrogen) atoms. The molecule has 2 fully saturated rings. The Balaban J connectivity index is 1.84. The maximum absolute atomic E-state index is 5.79. The van der Waals surface area contributed by atoms with Crippen LogP contribution in [0.4, 0.5) is 5.82 Å². The second-order valence-corrected chi connectivity index (χ2v) is 6.22. The third kappa shape index (κ3) is 2.00. The molecule has 1 aromatic heterocycles. The van der Waals surface area contributed by atoms with Crippen molar-refractivity contribution in [3.63, 3.8) is 0 Å². The first-order chi connectivity index (χ1) is 10.3. The molecule has 0 bridgehead atoms. The first-order valence-corrected chi connectivity index (χ1v) is 7.94. The van der Waals surface area contributed by atoms with E-state index in [4.69, 9.17) is 9.47 Å². The largest absolute Gasteiger partial charge is 0.495 e. The van der Waals surface area contributed by atoms with Crippen LogP contribution in [-0.2, 0) is 4.74 Å². The van der Waals surface area contributed by atoms with Gasteiger partial charge in [-0.3, -0.25) is 0 Å². The lowest BCUT2D eigenvalue weighted by atomic mass is 10.1. The highest BCUT2D eigenvalue weighted by Gasteiger charge is 2.39. The fourth-order valence-corrected chi connectivity index (χ4v) is 4.02. The normalized spacial score (nSPS) is 24.6. The predicted octanol–water partition coefficient (Wildman–Crippen LogP) is 2.77. The lowest BCUT2D eigenvalue weighted by Crippen LogP contribution is -2.32. The number of ether oxygens (including phenoxy) is 2. The van der Waals surface area contributed by atoms with Crippen LogP contribution in [0.15, 0.2) is 22.9 Å². The van der Waals surface area contributed by atoms with Gasteiger partial charge in [-0.15, -0.1) is 0 Å². The summed E-state index contributed by atoms with van der Waals surface area (Å²) >= 11 is 3.58. The molecule has 2 aromatic rings. The number of halogens is 1. The van der Waals surface area contributed by atoms with E-state index < -0.39 is 0 Å². The van der Waals surface area contributed by atoms with E-state index in [9.17, 15) is 0 Å². The van der Waals surface area contributed by atoms with Crippen molar-refractivity contribution in [1.29, 1.82) is 0 Å². The summed E-state index contributed by atoms with van der Waals surface area (Å²) in [7, 11) is 1.66. The summed E-state index contributed by atoms with van der Waals surface area (Å²) in [6, 6.07) is 4.44. The van der Waals surface area contributed by atoms with Crippen molar-refractivity contribution in [3.8, 4) is 5.75 Å². The maximum Gasteiger partial charge on any atom is 0.140 e. The van der Waals surface area contributed by atoms with Crippen LogP contribution >= 0.6 is 15.9 Å². The van der Waals surface area contributed by atoms with E-state index in [1.807, 2.05) is 12.1 Å². The van der Waals surface area contributed by atoms with Gasteiger partial charge in [0.25, 0.3) is 0 Å². The van der Waals surface area contributed by atoms with Crippen molar-refractivity contribution in [2.75, 3.05) is 25.2 Å². The van der Waals surface area contributed by atoms with Crippen molar-refractivity contribution in [3.05, 3.63) is 22.9 Å². The molecule has 0 N–H and O–H groups in total. The summed E-state index contributed by atoms with van der Waals surface area (Å²) in [4.78, 5) is 11.3. The van der Waals surface area contributed by atoms with Gasteiger partial charge in [-0.25, -0.2) is 9.97 Å². The Morgan fingerprint density at radius 3 is 3.10 bits per heavy atom. The number of anilines is 1. The van der Waals surface area contributed by atoms with Crippen LogP contribution in [-0.4, -0.2) is 42.4 Å². The third-order valence-corrected chi connectivity index (χ3v) is 5.18. The van der Waals surface area contributed by atoms with Crippen molar-refractivity contribution in [2.45, 2.75) is 25.0 Å². The molecule has 5 nitrogen and oxygen atoms in total. The number of nitrogens with zero attached hydrogens (tertiary/aromatic N) is 3. The second-order valence-electron chi connectivity index (χ2n) is 5.42. The maximum atomic E-state index is 5.79. The van der Waals surface area contributed by atoms with E-state index in [-0.39, 0.29) is 0 Å². The van der Waals surface area contributed by atoms with E-state index in [0.29, 0.717) is 12.1 Å². The Labute approximate surface area is 131 Å². The van der Waals surface area contributed by atoms with E-state index in [2.05, 4.69) is 30.8 Å². The molecule has 6 heteroatoms. The van der Waals surface area contributed by atoms with Gasteiger partial charge in [-0.05, 0) is 40.9 Å². The summed E-state index contributed by atoms with van der Waals surface area (Å²) in [5, 5.41) is 1.05. The zero-order valence-corrected chi connectivity index (χ0v) is 13.3. The van der Waals surface area contributed by atoms with Gasteiger partial charge < -0.3 is 14.4 Å². The Morgan fingerprint density at radius 1 is 1.33 bits per heavy atom. The Bertz CT molecular complexity index is 694. The average molecular weight is 350 g/mol. The van der Waals surface area contributed by atoms with Crippen LogP contribution in [0.2, 0.25) is 0 Å². The van der Waals surface area contributed by atoms with Gasteiger partial charge in [0.05, 0.1) is 29.2 Å². The number of methoxy groups -OCH3 is 1. The SMILES string of the molecule is COc1ccc2c(N3CC[C@H]4OCC[C@H]43)ncnc2c1Br. The fraction of sp³-hybridized carbons (Fsp3) is 0.467. The highest BCUT2D eigenvalue weighted by Crippen LogP contribution is 2.38. The van der Waals surface area contributed by atoms with E-state index in [1.54, 1.807) is 13.4 Å². The minimum absolute atomic E-state index is 0.358. The summed E-state index contributed by atoms with van der Waals surface area (Å²) < 4.78 is 12.0. The molecule has 0 unspecified atom stereocenters. The quantitative estimate of drug-likeness (QED) is 0.834. The topological polar surface area (TPSA) is 47.5 Å². The fourth-order valence-electron chi connectivity index (χ4n) is 3.41. The van der Waals surface area contributed by atoms with Crippen LogP contribution in [0.1, 0.15) is 12.8 Å². The number of hydrogen-bond acceptors (Lipinski definition) is 5. The lowest BCUT2D eigenvalue weighted by molar-refractivity contribution is 0.113. The molecule has 0 aliphatic carbocycles. The van der Waals surface area contributed by atoms with Crippen LogP contribution in [0.3, 0.4) is 0 Å². The molecule has 0 amide bonds. The van der Waals surface area contributed by atoms with Gasteiger partial charge in [0, 0.05) is 18.5 Å². The number of fused-ring (bicyclic) bond motifs is 2. The van der Waals surface area contributed by atoms with Gasteiger partial charge in [-0.1, -0.05) is 0 Å². The number of aromatic nitrogens is 2. The van der Waals surface area contributed by atoms with Crippen molar-refractivity contribution < 1.29 is 9.47 Å². The van der Waals surface area contributed by atoms with Crippen LogP contribution in [0, 0.1) is 0 Å². The van der Waals surface area contributed by atoms with Crippen molar-refractivity contribution in [2.24, 2.45) is 0 Å². The van der Waals surface area contributed by atoms with Crippen LogP contribution in [0.25, 0.3) is 10.9 Å². The summed E-state index contributed by atoms with van der Waals surface area (Å²) in [6.45, 7) is 1.84. The smallest absolute Gasteiger partial charge is 0.140 e. The molecule has 0 spiro atoms. The highest BCUT2D eigenvalue weighted by atomic mass is 79.9.